The number of rotatable bonds is 7. The van der Waals surface area contributed by atoms with E-state index in [0.717, 1.165) is 25.3 Å². The van der Waals surface area contributed by atoms with Crippen LogP contribution < -0.4 is 10.5 Å². The molecule has 0 saturated carbocycles. The van der Waals surface area contributed by atoms with Gasteiger partial charge in [0.2, 0.25) is 10.0 Å². The van der Waals surface area contributed by atoms with Gasteiger partial charge < -0.3 is 5.73 Å². The molecular formula is C14H23FN2O2S. The predicted molar refractivity (Wildman–Crippen MR) is 79.4 cm³/mol. The molecule has 0 aliphatic rings. The highest BCUT2D eigenvalue weighted by atomic mass is 32.2. The molecule has 0 bridgehead atoms. The van der Waals surface area contributed by atoms with Crippen LogP contribution in [-0.2, 0) is 10.0 Å². The number of hydrogen-bond donors (Lipinski definition) is 2. The maximum Gasteiger partial charge on any atom is 0.240 e. The average Bonchev–Trinajstić information content (AvgIpc) is 2.34. The van der Waals surface area contributed by atoms with Gasteiger partial charge in [-0.3, -0.25) is 0 Å². The molecule has 1 rings (SSSR count). The highest BCUT2D eigenvalue weighted by Gasteiger charge is 2.16. The zero-order valence-electron chi connectivity index (χ0n) is 12.2. The van der Waals surface area contributed by atoms with Gasteiger partial charge in [-0.25, -0.2) is 17.5 Å². The van der Waals surface area contributed by atoms with Crippen molar-refractivity contribution in [2.75, 3.05) is 12.3 Å². The van der Waals surface area contributed by atoms with Crippen LogP contribution in [-0.4, -0.2) is 15.0 Å². The highest BCUT2D eigenvalue weighted by molar-refractivity contribution is 7.89. The molecule has 114 valence electrons. The predicted octanol–water partition coefficient (Wildman–Crippen LogP) is 2.82. The lowest BCUT2D eigenvalue weighted by Crippen LogP contribution is -2.25. The lowest BCUT2D eigenvalue weighted by molar-refractivity contribution is 0.530. The van der Waals surface area contributed by atoms with Crippen molar-refractivity contribution in [3.05, 3.63) is 23.5 Å². The van der Waals surface area contributed by atoms with Gasteiger partial charge in [-0.15, -0.1) is 0 Å². The highest BCUT2D eigenvalue weighted by Crippen LogP contribution is 2.20. The summed E-state index contributed by atoms with van der Waals surface area (Å²) in [5.74, 6) is 0.00258. The molecule has 0 spiro atoms. The third-order valence-electron chi connectivity index (χ3n) is 3.17. The molecule has 0 aliphatic carbocycles. The van der Waals surface area contributed by atoms with Crippen molar-refractivity contribution >= 4 is 15.7 Å². The lowest BCUT2D eigenvalue weighted by Gasteiger charge is -2.10. The van der Waals surface area contributed by atoms with Crippen LogP contribution in [0, 0.1) is 18.7 Å². The van der Waals surface area contributed by atoms with Crippen LogP contribution in [0.2, 0.25) is 0 Å². The molecule has 20 heavy (non-hydrogen) atoms. The van der Waals surface area contributed by atoms with Gasteiger partial charge in [0.05, 0.1) is 4.90 Å². The van der Waals surface area contributed by atoms with Crippen molar-refractivity contribution in [2.24, 2.45) is 5.92 Å². The van der Waals surface area contributed by atoms with Crippen LogP contribution in [0.25, 0.3) is 0 Å². The Hall–Kier alpha value is -1.14. The van der Waals surface area contributed by atoms with E-state index in [0.29, 0.717) is 12.5 Å². The number of hydrogen-bond acceptors (Lipinski definition) is 3. The van der Waals surface area contributed by atoms with E-state index in [1.165, 1.54) is 13.0 Å². The van der Waals surface area contributed by atoms with Gasteiger partial charge in [-0.05, 0) is 31.4 Å². The Labute approximate surface area is 120 Å². The third-order valence-corrected chi connectivity index (χ3v) is 4.61. The minimum absolute atomic E-state index is 0.123. The number of unbranched alkanes of at least 4 members (excludes halogenated alkanes) is 1. The zero-order valence-corrected chi connectivity index (χ0v) is 13.1. The molecule has 0 unspecified atom stereocenters. The number of halogens is 1. The van der Waals surface area contributed by atoms with Crippen LogP contribution in [0.15, 0.2) is 17.0 Å². The SMILES string of the molecule is Cc1c(N)cc(S(=O)(=O)NCCCCC(C)C)cc1F. The van der Waals surface area contributed by atoms with Crippen molar-refractivity contribution in [3.63, 3.8) is 0 Å². The second-order valence-corrected chi connectivity index (χ2v) is 7.17. The van der Waals surface area contributed by atoms with Crippen LogP contribution >= 0.6 is 0 Å². The third kappa shape index (κ3) is 4.76. The first kappa shape index (κ1) is 16.9. The van der Waals surface area contributed by atoms with Crippen LogP contribution in [0.4, 0.5) is 10.1 Å². The van der Waals surface area contributed by atoms with Gasteiger partial charge in [-0.1, -0.05) is 26.7 Å². The molecule has 0 fully saturated rings. The molecule has 0 amide bonds. The fourth-order valence-electron chi connectivity index (χ4n) is 1.80. The normalized spacial score (nSPS) is 12.1. The number of sulfonamides is 1. The Morgan fingerprint density at radius 1 is 1.30 bits per heavy atom. The fourth-order valence-corrected chi connectivity index (χ4v) is 2.92. The van der Waals surface area contributed by atoms with E-state index < -0.39 is 15.8 Å². The Morgan fingerprint density at radius 2 is 1.95 bits per heavy atom. The smallest absolute Gasteiger partial charge is 0.240 e. The minimum atomic E-state index is -3.69. The monoisotopic (exact) mass is 302 g/mol. The van der Waals surface area contributed by atoms with Crippen molar-refractivity contribution in [1.29, 1.82) is 0 Å². The first-order valence-electron chi connectivity index (χ1n) is 6.79. The molecule has 0 radical (unpaired) electrons. The molecule has 3 N–H and O–H groups in total. The van der Waals surface area contributed by atoms with E-state index in [4.69, 9.17) is 5.73 Å². The number of benzene rings is 1. The maximum atomic E-state index is 13.5. The Kier molecular flexibility index (Phi) is 5.95. The standard InChI is InChI=1S/C14H23FN2O2S/c1-10(2)6-4-5-7-17-20(18,19)12-8-13(15)11(3)14(16)9-12/h8-10,17H,4-7,16H2,1-3H3. The second-order valence-electron chi connectivity index (χ2n) is 5.41. The van der Waals surface area contributed by atoms with E-state index in [1.807, 2.05) is 0 Å². The maximum absolute atomic E-state index is 13.5. The van der Waals surface area contributed by atoms with Crippen LogP contribution in [0.3, 0.4) is 0 Å². The van der Waals surface area contributed by atoms with Gasteiger partial charge in [0, 0.05) is 17.8 Å². The number of nitrogens with one attached hydrogen (secondary N) is 1. The summed E-state index contributed by atoms with van der Waals surface area (Å²) in [5.41, 5.74) is 6.00. The summed E-state index contributed by atoms with van der Waals surface area (Å²) in [7, 11) is -3.69. The van der Waals surface area contributed by atoms with Gasteiger partial charge in [0.25, 0.3) is 0 Å². The summed E-state index contributed by atoms with van der Waals surface area (Å²) in [6.07, 6.45) is 2.79. The molecule has 0 aromatic heterocycles. The molecular weight excluding hydrogens is 279 g/mol. The minimum Gasteiger partial charge on any atom is -0.398 e. The van der Waals surface area contributed by atoms with E-state index in [-0.39, 0.29) is 16.1 Å². The second kappa shape index (κ2) is 7.04. The topological polar surface area (TPSA) is 72.2 Å². The molecule has 0 heterocycles. The molecule has 0 aliphatic heterocycles. The Balaban J connectivity index is 2.65. The largest absolute Gasteiger partial charge is 0.398 e. The molecule has 0 atom stereocenters. The summed E-state index contributed by atoms with van der Waals surface area (Å²) < 4.78 is 40.0. The molecule has 1 aromatic rings. The fraction of sp³-hybridized carbons (Fsp3) is 0.571. The first-order valence-corrected chi connectivity index (χ1v) is 8.27. The molecule has 0 saturated heterocycles. The van der Waals surface area contributed by atoms with Gasteiger partial charge in [0.15, 0.2) is 0 Å². The summed E-state index contributed by atoms with van der Waals surface area (Å²) >= 11 is 0. The number of nitrogen functional groups attached to an aromatic ring is 1. The number of anilines is 1. The van der Waals surface area contributed by atoms with Gasteiger partial charge >= 0.3 is 0 Å². The summed E-state index contributed by atoms with van der Waals surface area (Å²) in [4.78, 5) is -0.123. The van der Waals surface area contributed by atoms with Crippen LogP contribution in [0.5, 0.6) is 0 Å². The van der Waals surface area contributed by atoms with Crippen molar-refractivity contribution in [2.45, 2.75) is 44.9 Å². The first-order chi connectivity index (χ1) is 9.24. The van der Waals surface area contributed by atoms with E-state index in [9.17, 15) is 12.8 Å². The Bertz CT molecular complexity index is 533. The summed E-state index contributed by atoms with van der Waals surface area (Å²) in [6, 6.07) is 2.29. The average molecular weight is 302 g/mol. The molecule has 6 heteroatoms. The van der Waals surface area contributed by atoms with Gasteiger partial charge in [0.1, 0.15) is 5.82 Å². The quantitative estimate of drug-likeness (QED) is 0.601. The molecule has 1 aromatic carbocycles. The van der Waals surface area contributed by atoms with E-state index in [1.54, 1.807) is 0 Å². The van der Waals surface area contributed by atoms with E-state index in [2.05, 4.69) is 18.6 Å². The summed E-state index contributed by atoms with van der Waals surface area (Å²) in [6.45, 7) is 6.12. The van der Waals surface area contributed by atoms with Crippen molar-refractivity contribution < 1.29 is 12.8 Å². The lowest BCUT2D eigenvalue weighted by atomic mass is 10.1. The van der Waals surface area contributed by atoms with Crippen LogP contribution in [0.1, 0.15) is 38.7 Å². The van der Waals surface area contributed by atoms with E-state index >= 15 is 0 Å². The molecule has 4 nitrogen and oxygen atoms in total. The van der Waals surface area contributed by atoms with Crippen molar-refractivity contribution in [3.8, 4) is 0 Å². The van der Waals surface area contributed by atoms with Crippen molar-refractivity contribution in [1.82, 2.24) is 4.72 Å². The van der Waals surface area contributed by atoms with Gasteiger partial charge in [-0.2, -0.15) is 0 Å². The number of nitrogens with two attached hydrogens (primary N) is 1. The summed E-state index contributed by atoms with van der Waals surface area (Å²) in [5, 5.41) is 0. The zero-order chi connectivity index (χ0) is 15.3. The Morgan fingerprint density at radius 3 is 2.50 bits per heavy atom.